The molecule has 114 valence electrons. The molecular formula is C14H17FN2O3S. The Hall–Kier alpha value is -1.91. The molecule has 0 heterocycles. The van der Waals surface area contributed by atoms with Crippen LogP contribution in [0.15, 0.2) is 18.2 Å². The molecule has 21 heavy (non-hydrogen) atoms. The highest BCUT2D eigenvalue weighted by molar-refractivity contribution is 7.90. The van der Waals surface area contributed by atoms with Crippen LogP contribution in [0.2, 0.25) is 0 Å². The summed E-state index contributed by atoms with van der Waals surface area (Å²) in [5.41, 5.74) is 5.65. The van der Waals surface area contributed by atoms with Crippen LogP contribution in [0.5, 0.6) is 0 Å². The minimum Gasteiger partial charge on any atom is -0.349 e. The number of hydrogen-bond donors (Lipinski definition) is 2. The number of hydrogen-bond acceptors (Lipinski definition) is 4. The quantitative estimate of drug-likeness (QED) is 0.783. The van der Waals surface area contributed by atoms with Gasteiger partial charge in [0.1, 0.15) is 15.7 Å². The molecule has 0 spiro atoms. The van der Waals surface area contributed by atoms with Crippen molar-refractivity contribution in [3.05, 3.63) is 35.1 Å². The highest BCUT2D eigenvalue weighted by atomic mass is 32.2. The summed E-state index contributed by atoms with van der Waals surface area (Å²) in [6.45, 7) is 1.66. The van der Waals surface area contributed by atoms with E-state index in [1.165, 1.54) is 6.07 Å². The van der Waals surface area contributed by atoms with Crippen LogP contribution in [-0.4, -0.2) is 38.9 Å². The number of halogens is 1. The van der Waals surface area contributed by atoms with Crippen molar-refractivity contribution < 1.29 is 17.6 Å². The van der Waals surface area contributed by atoms with Crippen LogP contribution in [-0.2, 0) is 9.84 Å². The number of carbonyl (C=O) groups excluding carboxylic acids is 1. The van der Waals surface area contributed by atoms with E-state index in [2.05, 4.69) is 17.2 Å². The van der Waals surface area contributed by atoms with Gasteiger partial charge in [-0.2, -0.15) is 0 Å². The molecule has 3 N–H and O–H groups in total. The minimum absolute atomic E-state index is 0.0854. The van der Waals surface area contributed by atoms with Crippen molar-refractivity contribution in [2.75, 3.05) is 18.6 Å². The second kappa shape index (κ2) is 7.20. The largest absolute Gasteiger partial charge is 0.349 e. The van der Waals surface area contributed by atoms with E-state index in [9.17, 15) is 17.6 Å². The predicted molar refractivity (Wildman–Crippen MR) is 79.0 cm³/mol. The van der Waals surface area contributed by atoms with Gasteiger partial charge < -0.3 is 11.1 Å². The Balaban J connectivity index is 2.97. The van der Waals surface area contributed by atoms with Crippen LogP contribution in [0.1, 0.15) is 22.8 Å². The second-order valence-corrected chi connectivity index (χ2v) is 6.85. The summed E-state index contributed by atoms with van der Waals surface area (Å²) in [6, 6.07) is 3.02. The predicted octanol–water partition coefficient (Wildman–Crippen LogP) is 0.299. The lowest BCUT2D eigenvalue weighted by Gasteiger charge is -2.13. The van der Waals surface area contributed by atoms with Gasteiger partial charge in [0.25, 0.3) is 5.91 Å². The standard InChI is InChI=1S/C14H17FN2O3S/c1-10(9-21(2,19)20)17-14(18)13-6-5-12(15)8-11(13)4-3-7-16/h5-6,8,10H,7,9,16H2,1-2H3,(H,17,18). The molecule has 1 atom stereocenters. The van der Waals surface area contributed by atoms with E-state index >= 15 is 0 Å². The average Bonchev–Trinajstić information content (AvgIpc) is 2.33. The lowest BCUT2D eigenvalue weighted by molar-refractivity contribution is 0.0943. The van der Waals surface area contributed by atoms with Crippen LogP contribution >= 0.6 is 0 Å². The van der Waals surface area contributed by atoms with Gasteiger partial charge in [0, 0.05) is 17.9 Å². The molecule has 1 aromatic carbocycles. The van der Waals surface area contributed by atoms with Crippen molar-refractivity contribution >= 4 is 15.7 Å². The topological polar surface area (TPSA) is 89.3 Å². The highest BCUT2D eigenvalue weighted by Crippen LogP contribution is 2.11. The van der Waals surface area contributed by atoms with Gasteiger partial charge in [-0.05, 0) is 25.1 Å². The molecule has 0 aliphatic rings. The molecular weight excluding hydrogens is 295 g/mol. The summed E-state index contributed by atoms with van der Waals surface area (Å²) < 4.78 is 35.6. The third-order valence-corrected chi connectivity index (χ3v) is 3.59. The fraction of sp³-hybridized carbons (Fsp3) is 0.357. The smallest absolute Gasteiger partial charge is 0.252 e. The number of sulfone groups is 1. The summed E-state index contributed by atoms with van der Waals surface area (Å²) in [7, 11) is -3.20. The number of benzene rings is 1. The van der Waals surface area contributed by atoms with Crippen LogP contribution in [0.4, 0.5) is 4.39 Å². The minimum atomic E-state index is -3.20. The maximum absolute atomic E-state index is 13.2. The van der Waals surface area contributed by atoms with Gasteiger partial charge in [0.15, 0.2) is 0 Å². The van der Waals surface area contributed by atoms with E-state index in [0.29, 0.717) is 0 Å². The number of amides is 1. The van der Waals surface area contributed by atoms with Crippen molar-refractivity contribution in [2.45, 2.75) is 13.0 Å². The molecule has 0 aliphatic heterocycles. The number of rotatable bonds is 4. The van der Waals surface area contributed by atoms with Gasteiger partial charge in [-0.3, -0.25) is 4.79 Å². The monoisotopic (exact) mass is 312 g/mol. The molecule has 1 amide bonds. The third kappa shape index (κ3) is 5.94. The Morgan fingerprint density at radius 1 is 1.48 bits per heavy atom. The van der Waals surface area contributed by atoms with Gasteiger partial charge in [0.2, 0.25) is 0 Å². The van der Waals surface area contributed by atoms with Gasteiger partial charge >= 0.3 is 0 Å². The van der Waals surface area contributed by atoms with Gasteiger partial charge in [0.05, 0.1) is 17.9 Å². The zero-order valence-corrected chi connectivity index (χ0v) is 12.6. The number of nitrogens with two attached hydrogens (primary N) is 1. The van der Waals surface area contributed by atoms with Gasteiger partial charge in [-0.15, -0.1) is 0 Å². The second-order valence-electron chi connectivity index (χ2n) is 4.66. The van der Waals surface area contributed by atoms with E-state index in [1.54, 1.807) is 6.92 Å². The summed E-state index contributed by atoms with van der Waals surface area (Å²) in [5.74, 6) is 3.98. The lowest BCUT2D eigenvalue weighted by Crippen LogP contribution is -2.37. The van der Waals surface area contributed by atoms with Crippen LogP contribution in [0.3, 0.4) is 0 Å². The molecule has 0 radical (unpaired) electrons. The highest BCUT2D eigenvalue weighted by Gasteiger charge is 2.16. The molecule has 0 aliphatic carbocycles. The molecule has 1 rings (SSSR count). The molecule has 0 fully saturated rings. The van der Waals surface area contributed by atoms with E-state index in [4.69, 9.17) is 5.73 Å². The summed E-state index contributed by atoms with van der Waals surface area (Å²) in [5, 5.41) is 2.55. The van der Waals surface area contributed by atoms with E-state index in [-0.39, 0.29) is 23.4 Å². The van der Waals surface area contributed by atoms with Crippen molar-refractivity contribution in [3.8, 4) is 11.8 Å². The zero-order chi connectivity index (χ0) is 16.0. The fourth-order valence-electron chi connectivity index (χ4n) is 1.76. The normalized spacial score (nSPS) is 12.2. The van der Waals surface area contributed by atoms with E-state index in [1.807, 2.05) is 0 Å². The Kier molecular flexibility index (Phi) is 5.88. The Morgan fingerprint density at radius 2 is 2.14 bits per heavy atom. The Morgan fingerprint density at radius 3 is 2.71 bits per heavy atom. The molecule has 0 saturated carbocycles. The first-order chi connectivity index (χ1) is 9.73. The number of nitrogens with one attached hydrogen (secondary N) is 1. The van der Waals surface area contributed by atoms with Gasteiger partial charge in [-0.1, -0.05) is 11.8 Å². The summed E-state index contributed by atoms with van der Waals surface area (Å²) in [4.78, 5) is 12.1. The molecule has 0 bridgehead atoms. The van der Waals surface area contributed by atoms with Crippen molar-refractivity contribution in [2.24, 2.45) is 5.73 Å². The maximum Gasteiger partial charge on any atom is 0.252 e. The van der Waals surface area contributed by atoms with Crippen molar-refractivity contribution in [3.63, 3.8) is 0 Å². The molecule has 1 unspecified atom stereocenters. The fourth-order valence-corrected chi connectivity index (χ4v) is 2.75. The van der Waals surface area contributed by atoms with Crippen LogP contribution in [0.25, 0.3) is 0 Å². The van der Waals surface area contributed by atoms with Gasteiger partial charge in [-0.25, -0.2) is 12.8 Å². The maximum atomic E-state index is 13.2. The van der Waals surface area contributed by atoms with Crippen molar-refractivity contribution in [1.29, 1.82) is 0 Å². The van der Waals surface area contributed by atoms with E-state index in [0.717, 1.165) is 18.4 Å². The average molecular weight is 312 g/mol. The first-order valence-corrected chi connectivity index (χ1v) is 8.26. The summed E-state index contributed by atoms with van der Waals surface area (Å²) >= 11 is 0. The Bertz CT molecular complexity index is 690. The Labute approximate surface area is 123 Å². The SMILES string of the molecule is CC(CS(C)(=O)=O)NC(=O)c1ccc(F)cc1C#CCN. The third-order valence-electron chi connectivity index (χ3n) is 2.48. The molecule has 1 aromatic rings. The molecule has 7 heteroatoms. The zero-order valence-electron chi connectivity index (χ0n) is 11.8. The molecule has 0 saturated heterocycles. The molecule has 0 aromatic heterocycles. The van der Waals surface area contributed by atoms with Crippen molar-refractivity contribution in [1.82, 2.24) is 5.32 Å². The number of carbonyl (C=O) groups is 1. The van der Waals surface area contributed by atoms with Crippen LogP contribution < -0.4 is 11.1 Å². The summed E-state index contributed by atoms with van der Waals surface area (Å²) in [6.07, 6.45) is 1.09. The lowest BCUT2D eigenvalue weighted by atomic mass is 10.1. The van der Waals surface area contributed by atoms with Crippen LogP contribution in [0, 0.1) is 17.7 Å². The van der Waals surface area contributed by atoms with E-state index < -0.39 is 27.6 Å². The molecule has 5 nitrogen and oxygen atoms in total. The first kappa shape index (κ1) is 17.1. The first-order valence-electron chi connectivity index (χ1n) is 6.20.